The van der Waals surface area contributed by atoms with Gasteiger partial charge in [0.05, 0.1) is 0 Å². The molecule has 0 bridgehead atoms. The molecule has 0 atom stereocenters. The van der Waals surface area contributed by atoms with Crippen molar-refractivity contribution in [2.45, 2.75) is 39.8 Å². The van der Waals surface area contributed by atoms with Crippen molar-refractivity contribution >= 4 is 5.69 Å². The minimum absolute atomic E-state index is 0.893. The molecule has 0 aliphatic rings. The smallest absolute Gasteiger partial charge is 0.0415 e. The summed E-state index contributed by atoms with van der Waals surface area (Å²) in [5.74, 6) is 0. The molecule has 1 aromatic heterocycles. The van der Waals surface area contributed by atoms with E-state index in [1.807, 2.05) is 0 Å². The van der Waals surface area contributed by atoms with Crippen LogP contribution in [0, 0.1) is 0 Å². The number of nitrogens with zero attached hydrogens (tertiary/aromatic N) is 1. The molecule has 2 heteroatoms. The van der Waals surface area contributed by atoms with Gasteiger partial charge in [-0.05, 0) is 42.2 Å². The van der Waals surface area contributed by atoms with Crippen LogP contribution in [0.1, 0.15) is 31.4 Å². The molecule has 1 aromatic carbocycles. The Morgan fingerprint density at radius 1 is 1.11 bits per heavy atom. The Bertz CT molecular complexity index is 485. The average molecular weight is 242 g/mol. The van der Waals surface area contributed by atoms with Crippen molar-refractivity contribution < 1.29 is 0 Å². The first-order chi connectivity index (χ1) is 8.81. The maximum Gasteiger partial charge on any atom is 0.0415 e. The Morgan fingerprint density at radius 3 is 2.78 bits per heavy atom. The van der Waals surface area contributed by atoms with Crippen LogP contribution in [-0.4, -0.2) is 4.57 Å². The van der Waals surface area contributed by atoms with E-state index < -0.39 is 0 Å². The number of aromatic nitrogens is 1. The van der Waals surface area contributed by atoms with Gasteiger partial charge in [0.1, 0.15) is 0 Å². The van der Waals surface area contributed by atoms with Gasteiger partial charge < -0.3 is 9.88 Å². The molecule has 1 heterocycles. The molecule has 0 saturated carbocycles. The standard InChI is InChI=1S/C16H22N2/c1-3-9-18-10-8-15(13-18)12-17-16-7-5-6-14(4-2)11-16/h5-8,10-11,13,17H,3-4,9,12H2,1-2H3. The zero-order valence-electron chi connectivity index (χ0n) is 11.3. The summed E-state index contributed by atoms with van der Waals surface area (Å²) < 4.78 is 2.25. The maximum absolute atomic E-state index is 3.48. The van der Waals surface area contributed by atoms with Crippen molar-refractivity contribution in [1.82, 2.24) is 4.57 Å². The van der Waals surface area contributed by atoms with Crippen molar-refractivity contribution in [3.05, 3.63) is 53.9 Å². The van der Waals surface area contributed by atoms with Gasteiger partial charge in [-0.25, -0.2) is 0 Å². The molecule has 2 aromatic rings. The predicted molar refractivity (Wildman–Crippen MR) is 77.9 cm³/mol. The molecular weight excluding hydrogens is 220 g/mol. The number of anilines is 1. The highest BCUT2D eigenvalue weighted by Gasteiger charge is 1.98. The van der Waals surface area contributed by atoms with Crippen LogP contribution in [0.4, 0.5) is 5.69 Å². The summed E-state index contributed by atoms with van der Waals surface area (Å²) in [7, 11) is 0. The van der Waals surface area contributed by atoms with Crippen molar-refractivity contribution in [1.29, 1.82) is 0 Å². The number of rotatable bonds is 6. The lowest BCUT2D eigenvalue weighted by molar-refractivity contribution is 0.682. The lowest BCUT2D eigenvalue weighted by Crippen LogP contribution is -1.99. The molecule has 18 heavy (non-hydrogen) atoms. The van der Waals surface area contributed by atoms with Crippen LogP contribution in [0.15, 0.2) is 42.7 Å². The fourth-order valence-electron chi connectivity index (χ4n) is 2.10. The third-order valence-corrected chi connectivity index (χ3v) is 3.13. The van der Waals surface area contributed by atoms with Crippen molar-refractivity contribution in [3.63, 3.8) is 0 Å². The van der Waals surface area contributed by atoms with E-state index in [1.165, 1.54) is 23.2 Å². The van der Waals surface area contributed by atoms with E-state index >= 15 is 0 Å². The Balaban J connectivity index is 1.93. The van der Waals surface area contributed by atoms with Gasteiger partial charge in [-0.15, -0.1) is 0 Å². The van der Waals surface area contributed by atoms with Gasteiger partial charge in [-0.3, -0.25) is 0 Å². The van der Waals surface area contributed by atoms with E-state index in [4.69, 9.17) is 0 Å². The summed E-state index contributed by atoms with van der Waals surface area (Å²) in [6.07, 6.45) is 6.64. The zero-order chi connectivity index (χ0) is 12.8. The second-order valence-electron chi connectivity index (χ2n) is 4.67. The fourth-order valence-corrected chi connectivity index (χ4v) is 2.10. The minimum Gasteiger partial charge on any atom is -0.381 e. The zero-order valence-corrected chi connectivity index (χ0v) is 11.3. The molecule has 2 nitrogen and oxygen atoms in total. The van der Waals surface area contributed by atoms with Crippen LogP contribution < -0.4 is 5.32 Å². The third kappa shape index (κ3) is 3.39. The fraction of sp³-hybridized carbons (Fsp3) is 0.375. The van der Waals surface area contributed by atoms with Crippen LogP contribution in [0.2, 0.25) is 0 Å². The molecule has 1 N–H and O–H groups in total. The quantitative estimate of drug-likeness (QED) is 0.808. The van der Waals surface area contributed by atoms with Crippen LogP contribution in [0.3, 0.4) is 0 Å². The van der Waals surface area contributed by atoms with Crippen molar-refractivity contribution in [2.24, 2.45) is 0 Å². The molecule has 0 saturated heterocycles. The molecule has 96 valence electrons. The molecule has 0 aliphatic carbocycles. The number of hydrogen-bond donors (Lipinski definition) is 1. The van der Waals surface area contributed by atoms with Gasteiger partial charge >= 0.3 is 0 Å². The topological polar surface area (TPSA) is 17.0 Å². The first-order valence-corrected chi connectivity index (χ1v) is 6.79. The largest absolute Gasteiger partial charge is 0.381 e. The van der Waals surface area contributed by atoms with Crippen LogP contribution >= 0.6 is 0 Å². The Hall–Kier alpha value is -1.70. The molecule has 0 amide bonds. The predicted octanol–water partition coefficient (Wildman–Crippen LogP) is 4.07. The summed E-state index contributed by atoms with van der Waals surface area (Å²) in [5, 5.41) is 3.48. The van der Waals surface area contributed by atoms with E-state index in [0.717, 1.165) is 19.5 Å². The Morgan fingerprint density at radius 2 is 2.00 bits per heavy atom. The highest BCUT2D eigenvalue weighted by Crippen LogP contribution is 2.13. The third-order valence-electron chi connectivity index (χ3n) is 3.13. The monoisotopic (exact) mass is 242 g/mol. The summed E-state index contributed by atoms with van der Waals surface area (Å²) >= 11 is 0. The summed E-state index contributed by atoms with van der Waals surface area (Å²) in [4.78, 5) is 0. The molecule has 2 rings (SSSR count). The average Bonchev–Trinajstić information content (AvgIpc) is 2.85. The molecule has 0 radical (unpaired) electrons. The highest BCUT2D eigenvalue weighted by molar-refractivity contribution is 5.46. The van der Waals surface area contributed by atoms with Crippen molar-refractivity contribution in [2.75, 3.05) is 5.32 Å². The maximum atomic E-state index is 3.48. The lowest BCUT2D eigenvalue weighted by Gasteiger charge is -2.06. The van der Waals surface area contributed by atoms with Gasteiger partial charge in [0.15, 0.2) is 0 Å². The number of benzene rings is 1. The van der Waals surface area contributed by atoms with Crippen LogP contribution in [-0.2, 0) is 19.5 Å². The minimum atomic E-state index is 0.893. The molecule has 0 unspecified atom stereocenters. The van der Waals surface area contributed by atoms with Crippen LogP contribution in [0.25, 0.3) is 0 Å². The lowest BCUT2D eigenvalue weighted by atomic mass is 10.1. The van der Waals surface area contributed by atoms with E-state index in [2.05, 4.69) is 66.5 Å². The van der Waals surface area contributed by atoms with E-state index in [1.54, 1.807) is 0 Å². The second-order valence-corrected chi connectivity index (χ2v) is 4.67. The van der Waals surface area contributed by atoms with E-state index in [9.17, 15) is 0 Å². The molecular formula is C16H22N2. The number of hydrogen-bond acceptors (Lipinski definition) is 1. The Labute approximate surface area is 110 Å². The second kappa shape index (κ2) is 6.29. The van der Waals surface area contributed by atoms with Crippen LogP contribution in [0.5, 0.6) is 0 Å². The number of nitrogens with one attached hydrogen (secondary N) is 1. The van der Waals surface area contributed by atoms with E-state index in [-0.39, 0.29) is 0 Å². The number of aryl methyl sites for hydroxylation is 2. The molecule has 0 spiro atoms. The highest BCUT2D eigenvalue weighted by atomic mass is 14.9. The van der Waals surface area contributed by atoms with Gasteiger partial charge in [0, 0.05) is 31.2 Å². The SMILES string of the molecule is CCCn1ccc(CNc2cccc(CC)c2)c1. The summed E-state index contributed by atoms with van der Waals surface area (Å²) in [6, 6.07) is 10.8. The first kappa shape index (κ1) is 12.7. The van der Waals surface area contributed by atoms with E-state index in [0.29, 0.717) is 0 Å². The van der Waals surface area contributed by atoms with Gasteiger partial charge in [0.25, 0.3) is 0 Å². The van der Waals surface area contributed by atoms with Gasteiger partial charge in [-0.1, -0.05) is 26.0 Å². The first-order valence-electron chi connectivity index (χ1n) is 6.79. The van der Waals surface area contributed by atoms with Crippen molar-refractivity contribution in [3.8, 4) is 0 Å². The van der Waals surface area contributed by atoms with Gasteiger partial charge in [0.2, 0.25) is 0 Å². The normalized spacial score (nSPS) is 10.6. The Kier molecular flexibility index (Phi) is 4.46. The van der Waals surface area contributed by atoms with Gasteiger partial charge in [-0.2, -0.15) is 0 Å². The molecule has 0 aliphatic heterocycles. The molecule has 0 fully saturated rings. The summed E-state index contributed by atoms with van der Waals surface area (Å²) in [5.41, 5.74) is 3.92. The summed E-state index contributed by atoms with van der Waals surface area (Å²) in [6.45, 7) is 6.38.